The Balaban J connectivity index is 2.26. The third-order valence-electron chi connectivity index (χ3n) is 3.81. The van der Waals surface area contributed by atoms with E-state index in [1.165, 1.54) is 18.2 Å². The van der Waals surface area contributed by atoms with Crippen molar-refractivity contribution in [1.29, 1.82) is 0 Å². The van der Waals surface area contributed by atoms with Gasteiger partial charge in [0.15, 0.2) is 0 Å². The van der Waals surface area contributed by atoms with E-state index in [0.29, 0.717) is 13.0 Å². The number of rotatable bonds is 6. The lowest BCUT2D eigenvalue weighted by Gasteiger charge is -2.37. The summed E-state index contributed by atoms with van der Waals surface area (Å²) in [5.41, 5.74) is 6.04. The largest absolute Gasteiger partial charge is 0.398 e. The maximum absolute atomic E-state index is 12.6. The van der Waals surface area contributed by atoms with Crippen LogP contribution in [0, 0.1) is 10.1 Å². The standard InChI is InChI=1S/C14H19N3O4/c15-13-6-5-11(17(20)21)9-12(13)14(19)16(7-2-8-18)10-3-1-4-10/h5-6,9-10,18H,1-4,7-8,15H2. The van der Waals surface area contributed by atoms with E-state index < -0.39 is 4.92 Å². The monoisotopic (exact) mass is 293 g/mol. The normalized spacial score (nSPS) is 14.5. The van der Waals surface area contributed by atoms with E-state index in [0.717, 1.165) is 19.3 Å². The number of nitro benzene ring substituents is 1. The Morgan fingerprint density at radius 3 is 2.71 bits per heavy atom. The molecule has 0 heterocycles. The minimum atomic E-state index is -0.544. The van der Waals surface area contributed by atoms with Crippen LogP contribution in [0.25, 0.3) is 0 Å². The van der Waals surface area contributed by atoms with Gasteiger partial charge >= 0.3 is 0 Å². The van der Waals surface area contributed by atoms with Gasteiger partial charge in [-0.05, 0) is 31.7 Å². The molecule has 0 atom stereocenters. The summed E-state index contributed by atoms with van der Waals surface area (Å²) in [6, 6.07) is 4.04. The summed E-state index contributed by atoms with van der Waals surface area (Å²) in [7, 11) is 0. The molecule has 0 bridgehead atoms. The van der Waals surface area contributed by atoms with Crippen molar-refractivity contribution < 1.29 is 14.8 Å². The molecule has 1 amide bonds. The summed E-state index contributed by atoms with van der Waals surface area (Å²) in [4.78, 5) is 24.6. The van der Waals surface area contributed by atoms with Crippen LogP contribution in [-0.2, 0) is 0 Å². The van der Waals surface area contributed by atoms with Crippen molar-refractivity contribution in [2.45, 2.75) is 31.7 Å². The van der Waals surface area contributed by atoms with Gasteiger partial charge in [-0.3, -0.25) is 14.9 Å². The number of amides is 1. The number of aliphatic hydroxyl groups is 1. The number of benzene rings is 1. The molecular formula is C14H19N3O4. The van der Waals surface area contributed by atoms with Crippen molar-refractivity contribution >= 4 is 17.3 Å². The van der Waals surface area contributed by atoms with Gasteiger partial charge in [0.1, 0.15) is 0 Å². The first kappa shape index (κ1) is 15.2. The molecule has 0 saturated heterocycles. The topological polar surface area (TPSA) is 110 Å². The number of hydrogen-bond acceptors (Lipinski definition) is 5. The fourth-order valence-corrected chi connectivity index (χ4v) is 2.39. The molecule has 1 aromatic carbocycles. The van der Waals surface area contributed by atoms with Gasteiger partial charge in [-0.25, -0.2) is 0 Å². The lowest BCUT2D eigenvalue weighted by Crippen LogP contribution is -2.45. The first-order chi connectivity index (χ1) is 10.0. The molecule has 0 aliphatic heterocycles. The number of hydrogen-bond donors (Lipinski definition) is 2. The smallest absolute Gasteiger partial charge is 0.270 e. The predicted molar refractivity (Wildman–Crippen MR) is 77.9 cm³/mol. The predicted octanol–water partition coefficient (Wildman–Crippen LogP) is 1.55. The van der Waals surface area contributed by atoms with Gasteiger partial charge in [0.25, 0.3) is 11.6 Å². The summed E-state index contributed by atoms with van der Waals surface area (Å²) in [6.45, 7) is 0.434. The highest BCUT2D eigenvalue weighted by molar-refractivity contribution is 6.00. The van der Waals surface area contributed by atoms with Crippen LogP contribution in [0.5, 0.6) is 0 Å². The molecule has 0 spiro atoms. The lowest BCUT2D eigenvalue weighted by atomic mass is 9.90. The maximum atomic E-state index is 12.6. The first-order valence-corrected chi connectivity index (χ1v) is 7.00. The second-order valence-electron chi connectivity index (χ2n) is 5.19. The summed E-state index contributed by atoms with van der Waals surface area (Å²) in [5.74, 6) is -0.297. The van der Waals surface area contributed by atoms with Gasteiger partial charge in [0.2, 0.25) is 0 Å². The summed E-state index contributed by atoms with van der Waals surface area (Å²) < 4.78 is 0. The van der Waals surface area contributed by atoms with Crippen molar-refractivity contribution in [2.24, 2.45) is 0 Å². The molecule has 2 rings (SSSR count). The van der Waals surface area contributed by atoms with E-state index >= 15 is 0 Å². The number of anilines is 1. The highest BCUT2D eigenvalue weighted by Gasteiger charge is 2.30. The summed E-state index contributed by atoms with van der Waals surface area (Å²) in [6.07, 6.45) is 3.40. The number of nitro groups is 1. The highest BCUT2D eigenvalue weighted by Crippen LogP contribution is 2.28. The van der Waals surface area contributed by atoms with Gasteiger partial charge in [-0.15, -0.1) is 0 Å². The van der Waals surface area contributed by atoms with Crippen LogP contribution in [0.3, 0.4) is 0 Å². The van der Waals surface area contributed by atoms with Gasteiger partial charge in [-0.1, -0.05) is 0 Å². The minimum Gasteiger partial charge on any atom is -0.398 e. The quantitative estimate of drug-likeness (QED) is 0.470. The SMILES string of the molecule is Nc1ccc([N+](=O)[O-])cc1C(=O)N(CCCO)C1CCC1. The Hall–Kier alpha value is -2.15. The summed E-state index contributed by atoms with van der Waals surface area (Å²) in [5, 5.41) is 19.8. The molecule has 7 heteroatoms. The number of non-ortho nitro benzene ring substituents is 1. The Bertz CT molecular complexity index is 543. The number of carbonyl (C=O) groups excluding carboxylic acids is 1. The van der Waals surface area contributed by atoms with Crippen LogP contribution in [0.4, 0.5) is 11.4 Å². The van der Waals surface area contributed by atoms with E-state index in [2.05, 4.69) is 0 Å². The average Bonchev–Trinajstić information content (AvgIpc) is 2.40. The summed E-state index contributed by atoms with van der Waals surface area (Å²) >= 11 is 0. The number of carbonyl (C=O) groups is 1. The Kier molecular flexibility index (Phi) is 4.74. The molecule has 1 fully saturated rings. The van der Waals surface area contributed by atoms with Crippen LogP contribution in [0.2, 0.25) is 0 Å². The number of nitrogen functional groups attached to an aromatic ring is 1. The van der Waals surface area contributed by atoms with E-state index in [4.69, 9.17) is 10.8 Å². The lowest BCUT2D eigenvalue weighted by molar-refractivity contribution is -0.384. The molecule has 0 radical (unpaired) electrons. The molecule has 0 aromatic heterocycles. The molecule has 114 valence electrons. The van der Waals surface area contributed by atoms with E-state index in [-0.39, 0.29) is 35.5 Å². The first-order valence-electron chi connectivity index (χ1n) is 7.00. The van der Waals surface area contributed by atoms with Crippen LogP contribution in [-0.4, -0.2) is 40.0 Å². The van der Waals surface area contributed by atoms with Crippen molar-refractivity contribution in [3.05, 3.63) is 33.9 Å². The third-order valence-corrected chi connectivity index (χ3v) is 3.81. The maximum Gasteiger partial charge on any atom is 0.270 e. The number of nitrogens with two attached hydrogens (primary N) is 1. The zero-order valence-corrected chi connectivity index (χ0v) is 11.7. The van der Waals surface area contributed by atoms with Gasteiger partial charge in [-0.2, -0.15) is 0 Å². The van der Waals surface area contributed by atoms with Crippen molar-refractivity contribution in [3.63, 3.8) is 0 Å². The van der Waals surface area contributed by atoms with Crippen LogP contribution >= 0.6 is 0 Å². The average molecular weight is 293 g/mol. The second kappa shape index (κ2) is 6.53. The van der Waals surface area contributed by atoms with Crippen LogP contribution in [0.15, 0.2) is 18.2 Å². The molecule has 1 aromatic rings. The van der Waals surface area contributed by atoms with E-state index in [1.807, 2.05) is 0 Å². The van der Waals surface area contributed by atoms with Gasteiger partial charge in [0, 0.05) is 37.0 Å². The Morgan fingerprint density at radius 2 is 2.19 bits per heavy atom. The minimum absolute atomic E-state index is 0.000912. The third kappa shape index (κ3) is 3.30. The van der Waals surface area contributed by atoms with Crippen LogP contribution < -0.4 is 5.73 Å². The van der Waals surface area contributed by atoms with Gasteiger partial charge in [0.05, 0.1) is 10.5 Å². The number of nitrogens with zero attached hydrogens (tertiary/aromatic N) is 2. The van der Waals surface area contributed by atoms with Crippen molar-refractivity contribution in [1.82, 2.24) is 4.90 Å². The molecular weight excluding hydrogens is 274 g/mol. The number of aliphatic hydroxyl groups excluding tert-OH is 1. The zero-order valence-electron chi connectivity index (χ0n) is 11.7. The van der Waals surface area contributed by atoms with E-state index in [1.54, 1.807) is 4.90 Å². The molecule has 1 aliphatic rings. The van der Waals surface area contributed by atoms with Gasteiger partial charge < -0.3 is 15.7 Å². The van der Waals surface area contributed by atoms with Crippen LogP contribution in [0.1, 0.15) is 36.0 Å². The molecule has 3 N–H and O–H groups in total. The van der Waals surface area contributed by atoms with Crippen molar-refractivity contribution in [2.75, 3.05) is 18.9 Å². The fraction of sp³-hybridized carbons (Fsp3) is 0.500. The Morgan fingerprint density at radius 1 is 1.48 bits per heavy atom. The Labute approximate surface area is 122 Å². The molecule has 1 aliphatic carbocycles. The van der Waals surface area contributed by atoms with E-state index in [9.17, 15) is 14.9 Å². The van der Waals surface area contributed by atoms with Crippen molar-refractivity contribution in [3.8, 4) is 0 Å². The molecule has 1 saturated carbocycles. The molecule has 7 nitrogen and oxygen atoms in total. The zero-order chi connectivity index (χ0) is 15.4. The fourth-order valence-electron chi connectivity index (χ4n) is 2.39. The molecule has 21 heavy (non-hydrogen) atoms. The second-order valence-corrected chi connectivity index (χ2v) is 5.19. The molecule has 0 unspecified atom stereocenters. The highest BCUT2D eigenvalue weighted by atomic mass is 16.6.